The summed E-state index contributed by atoms with van der Waals surface area (Å²) in [6.07, 6.45) is 1.42. The van der Waals surface area contributed by atoms with E-state index in [0.717, 1.165) is 26.5 Å². The quantitative estimate of drug-likeness (QED) is 0.464. The highest BCUT2D eigenvalue weighted by Crippen LogP contribution is 2.34. The second-order valence-corrected chi connectivity index (χ2v) is 7.60. The minimum atomic E-state index is -0.417. The molecule has 0 unspecified atom stereocenters. The van der Waals surface area contributed by atoms with Gasteiger partial charge in [-0.3, -0.25) is 9.36 Å². The van der Waals surface area contributed by atoms with E-state index in [1.54, 1.807) is 7.11 Å². The van der Waals surface area contributed by atoms with E-state index < -0.39 is 5.82 Å². The van der Waals surface area contributed by atoms with Gasteiger partial charge in [-0.15, -0.1) is 11.3 Å². The van der Waals surface area contributed by atoms with Crippen molar-refractivity contribution < 1.29 is 9.13 Å². The maximum absolute atomic E-state index is 13.3. The number of aromatic nitrogens is 3. The average molecular weight is 446 g/mol. The van der Waals surface area contributed by atoms with E-state index in [9.17, 15) is 9.18 Å². The van der Waals surface area contributed by atoms with Gasteiger partial charge in [0.2, 0.25) is 0 Å². The molecule has 8 heteroatoms. The Kier molecular flexibility index (Phi) is 4.75. The van der Waals surface area contributed by atoms with Crippen LogP contribution < -0.4 is 10.3 Å². The van der Waals surface area contributed by atoms with Crippen LogP contribution in [0.2, 0.25) is 0 Å². The number of rotatable bonds is 4. The summed E-state index contributed by atoms with van der Waals surface area (Å²) in [6, 6.07) is 9.68. The van der Waals surface area contributed by atoms with Gasteiger partial charge in [0.25, 0.3) is 5.56 Å². The van der Waals surface area contributed by atoms with Crippen molar-refractivity contribution in [2.75, 3.05) is 7.11 Å². The molecule has 0 radical (unpaired) electrons. The summed E-state index contributed by atoms with van der Waals surface area (Å²) >= 11 is 4.94. The smallest absolute Gasteiger partial charge is 0.261 e. The number of fused-ring (bicyclic) bond motifs is 1. The van der Waals surface area contributed by atoms with E-state index in [4.69, 9.17) is 4.74 Å². The molecule has 0 amide bonds. The summed E-state index contributed by atoms with van der Waals surface area (Å²) in [5.74, 6) is 0.310. The molecule has 4 rings (SSSR count). The van der Waals surface area contributed by atoms with Gasteiger partial charge in [0.05, 0.1) is 42.1 Å². The fourth-order valence-corrected chi connectivity index (χ4v) is 3.96. The molecule has 0 saturated heterocycles. The van der Waals surface area contributed by atoms with Crippen LogP contribution in [0.15, 0.2) is 57.4 Å². The molecular formula is C19H13BrFN3O2S. The highest BCUT2D eigenvalue weighted by Gasteiger charge is 2.12. The highest BCUT2D eigenvalue weighted by atomic mass is 79.9. The van der Waals surface area contributed by atoms with Crippen LogP contribution in [-0.4, -0.2) is 21.6 Å². The highest BCUT2D eigenvalue weighted by molar-refractivity contribution is 9.10. The predicted octanol–water partition coefficient (Wildman–Crippen LogP) is 4.48. The lowest BCUT2D eigenvalue weighted by atomic mass is 10.2. The number of thiazole rings is 1. The molecule has 0 aliphatic rings. The minimum Gasteiger partial charge on any atom is -0.496 e. The van der Waals surface area contributed by atoms with Gasteiger partial charge < -0.3 is 4.74 Å². The zero-order chi connectivity index (χ0) is 19.0. The second kappa shape index (κ2) is 7.21. The van der Waals surface area contributed by atoms with Crippen molar-refractivity contribution in [1.82, 2.24) is 14.5 Å². The molecule has 0 aliphatic heterocycles. The average Bonchev–Trinajstić information content (AvgIpc) is 3.12. The summed E-state index contributed by atoms with van der Waals surface area (Å²) in [5, 5.41) is 3.08. The standard InChI is InChI=1S/C19H13BrFN3O2S/c1-26-17-5-2-11(20)6-15(17)18-23-13(9-27-18)8-24-10-22-16-7-12(21)3-4-14(16)19(24)25/h2-7,9-10H,8H2,1H3. The fourth-order valence-electron chi connectivity index (χ4n) is 2.77. The molecule has 2 heterocycles. The van der Waals surface area contributed by atoms with E-state index >= 15 is 0 Å². The van der Waals surface area contributed by atoms with Crippen LogP contribution in [0.1, 0.15) is 5.69 Å². The van der Waals surface area contributed by atoms with Crippen LogP contribution in [0.4, 0.5) is 4.39 Å². The Morgan fingerprint density at radius 1 is 1.26 bits per heavy atom. The number of halogens is 2. The lowest BCUT2D eigenvalue weighted by molar-refractivity contribution is 0.416. The van der Waals surface area contributed by atoms with Gasteiger partial charge in [0, 0.05) is 15.9 Å². The second-order valence-electron chi connectivity index (χ2n) is 5.83. The molecule has 2 aromatic heterocycles. The largest absolute Gasteiger partial charge is 0.496 e. The molecular weight excluding hydrogens is 433 g/mol. The third-order valence-corrected chi connectivity index (χ3v) is 5.48. The number of benzene rings is 2. The molecule has 0 fully saturated rings. The Bertz CT molecular complexity index is 1210. The molecule has 0 spiro atoms. The molecule has 0 N–H and O–H groups in total. The molecule has 27 heavy (non-hydrogen) atoms. The van der Waals surface area contributed by atoms with Gasteiger partial charge in [-0.25, -0.2) is 14.4 Å². The Balaban J connectivity index is 1.68. The molecule has 4 aromatic rings. The number of hydrogen-bond donors (Lipinski definition) is 0. The first-order valence-corrected chi connectivity index (χ1v) is 9.65. The first kappa shape index (κ1) is 17.8. The van der Waals surface area contributed by atoms with Crippen LogP contribution >= 0.6 is 27.3 Å². The summed E-state index contributed by atoms with van der Waals surface area (Å²) in [4.78, 5) is 21.4. The number of ether oxygens (including phenoxy) is 1. The van der Waals surface area contributed by atoms with Crippen molar-refractivity contribution in [1.29, 1.82) is 0 Å². The zero-order valence-corrected chi connectivity index (χ0v) is 16.6. The van der Waals surface area contributed by atoms with Crippen molar-refractivity contribution >= 4 is 38.2 Å². The first-order valence-electron chi connectivity index (χ1n) is 7.98. The number of nitrogens with zero attached hydrogens (tertiary/aromatic N) is 3. The summed E-state index contributed by atoms with van der Waals surface area (Å²) < 4.78 is 21.1. The minimum absolute atomic E-state index is 0.227. The molecule has 0 atom stereocenters. The molecule has 0 aliphatic carbocycles. The van der Waals surface area contributed by atoms with Crippen molar-refractivity contribution in [3.8, 4) is 16.3 Å². The van der Waals surface area contributed by atoms with Gasteiger partial charge in [0.15, 0.2) is 0 Å². The van der Waals surface area contributed by atoms with Crippen molar-refractivity contribution in [3.63, 3.8) is 0 Å². The molecule has 5 nitrogen and oxygen atoms in total. The predicted molar refractivity (Wildman–Crippen MR) is 107 cm³/mol. The summed E-state index contributed by atoms with van der Waals surface area (Å²) in [6.45, 7) is 0.284. The third kappa shape index (κ3) is 3.50. The van der Waals surface area contributed by atoms with Crippen LogP contribution in [0.25, 0.3) is 21.5 Å². The van der Waals surface area contributed by atoms with Gasteiger partial charge in [-0.1, -0.05) is 15.9 Å². The van der Waals surface area contributed by atoms with Crippen LogP contribution in [0.5, 0.6) is 5.75 Å². The van der Waals surface area contributed by atoms with Gasteiger partial charge in [-0.05, 0) is 30.3 Å². The Morgan fingerprint density at radius 3 is 2.93 bits per heavy atom. The van der Waals surface area contributed by atoms with Crippen LogP contribution in [0.3, 0.4) is 0 Å². The van der Waals surface area contributed by atoms with Crippen molar-refractivity contribution in [2.45, 2.75) is 6.54 Å². The van der Waals surface area contributed by atoms with Gasteiger partial charge >= 0.3 is 0 Å². The van der Waals surface area contributed by atoms with E-state index in [1.807, 2.05) is 23.6 Å². The molecule has 136 valence electrons. The van der Waals surface area contributed by atoms with E-state index in [0.29, 0.717) is 10.9 Å². The van der Waals surface area contributed by atoms with Gasteiger partial charge in [-0.2, -0.15) is 0 Å². The molecule has 0 saturated carbocycles. The van der Waals surface area contributed by atoms with Crippen molar-refractivity contribution in [3.05, 3.63) is 74.4 Å². The maximum Gasteiger partial charge on any atom is 0.261 e. The van der Waals surface area contributed by atoms with Crippen LogP contribution in [0, 0.1) is 5.82 Å². The Hall–Kier alpha value is -2.58. The Morgan fingerprint density at radius 2 is 2.11 bits per heavy atom. The van der Waals surface area contributed by atoms with Crippen LogP contribution in [-0.2, 0) is 6.54 Å². The fraction of sp³-hybridized carbons (Fsp3) is 0.105. The monoisotopic (exact) mass is 445 g/mol. The normalized spacial score (nSPS) is 11.1. The zero-order valence-electron chi connectivity index (χ0n) is 14.1. The van der Waals surface area contributed by atoms with Gasteiger partial charge in [0.1, 0.15) is 16.6 Å². The molecule has 2 aromatic carbocycles. The SMILES string of the molecule is COc1ccc(Br)cc1-c1nc(Cn2cnc3cc(F)ccc3c2=O)cs1. The van der Waals surface area contributed by atoms with Crippen molar-refractivity contribution in [2.24, 2.45) is 0 Å². The lowest BCUT2D eigenvalue weighted by Gasteiger charge is -2.06. The van der Waals surface area contributed by atoms with E-state index in [-0.39, 0.29) is 12.1 Å². The number of methoxy groups -OCH3 is 1. The third-order valence-electron chi connectivity index (χ3n) is 4.06. The summed E-state index contributed by atoms with van der Waals surface area (Å²) in [7, 11) is 1.62. The summed E-state index contributed by atoms with van der Waals surface area (Å²) in [5.41, 5.74) is 1.73. The topological polar surface area (TPSA) is 57.0 Å². The number of hydrogen-bond acceptors (Lipinski definition) is 5. The Labute approximate surface area is 166 Å². The van der Waals surface area contributed by atoms with E-state index in [1.165, 1.54) is 40.4 Å². The first-order chi connectivity index (χ1) is 13.0. The van der Waals surface area contributed by atoms with E-state index in [2.05, 4.69) is 25.9 Å². The lowest BCUT2D eigenvalue weighted by Crippen LogP contribution is -2.21. The maximum atomic E-state index is 13.3. The molecule has 0 bridgehead atoms.